The molecule has 0 N–H and O–H groups in total. The molecule has 0 spiro atoms. The van der Waals surface area contributed by atoms with Gasteiger partial charge in [0.2, 0.25) is 0 Å². The normalized spacial score (nSPS) is 10.0. The molecule has 70 valence electrons. The predicted octanol–water partition coefficient (Wildman–Crippen LogP) is 3.66. The largest absolute Gasteiger partial charge is 0.294 e. The van der Waals surface area contributed by atoms with E-state index in [-0.39, 0.29) is 5.78 Å². The molecule has 0 atom stereocenters. The van der Waals surface area contributed by atoms with Crippen molar-refractivity contribution in [2.45, 2.75) is 26.2 Å². The third-order valence-electron chi connectivity index (χ3n) is 1.90. The molecular weight excluding hydrogens is 275 g/mol. The molecule has 0 aliphatic rings. The van der Waals surface area contributed by atoms with E-state index in [0.717, 1.165) is 22.0 Å². The van der Waals surface area contributed by atoms with Crippen molar-refractivity contribution in [3.63, 3.8) is 0 Å². The van der Waals surface area contributed by atoms with Gasteiger partial charge in [-0.25, -0.2) is 0 Å². The minimum atomic E-state index is 0.264. The highest BCUT2D eigenvalue weighted by atomic mass is 127. The summed E-state index contributed by atoms with van der Waals surface area (Å²) in [5, 5.41) is 0. The molecule has 0 saturated carbocycles. The monoisotopic (exact) mass is 288 g/mol. The van der Waals surface area contributed by atoms with Crippen LogP contribution in [0.1, 0.15) is 36.5 Å². The van der Waals surface area contributed by atoms with E-state index in [4.69, 9.17) is 0 Å². The minimum Gasteiger partial charge on any atom is -0.294 e. The van der Waals surface area contributed by atoms with Crippen LogP contribution in [0, 0.1) is 3.57 Å². The summed E-state index contributed by atoms with van der Waals surface area (Å²) >= 11 is 2.22. The lowest BCUT2D eigenvalue weighted by molar-refractivity contribution is 0.0979. The first-order valence-electron chi connectivity index (χ1n) is 4.53. The number of Topliss-reactive ketones (excluding diaryl/α,β-unsaturated/α-hetero) is 1. The second kappa shape index (κ2) is 5.37. The van der Waals surface area contributed by atoms with Gasteiger partial charge in [0.25, 0.3) is 0 Å². The first-order chi connectivity index (χ1) is 6.24. The number of halogens is 1. The lowest BCUT2D eigenvalue weighted by atomic mass is 10.1. The Hall–Kier alpha value is -0.380. The number of ketones is 1. The molecule has 1 aromatic rings. The molecule has 0 aliphatic heterocycles. The fraction of sp³-hybridized carbons (Fsp3) is 0.364. The topological polar surface area (TPSA) is 17.1 Å². The second-order valence-corrected chi connectivity index (χ2v) is 4.28. The molecule has 0 aliphatic carbocycles. The third kappa shape index (κ3) is 3.46. The zero-order valence-electron chi connectivity index (χ0n) is 7.72. The molecular formula is C11H13IO. The van der Waals surface area contributed by atoms with Gasteiger partial charge in [-0.3, -0.25) is 4.79 Å². The number of rotatable bonds is 4. The summed E-state index contributed by atoms with van der Waals surface area (Å²) in [6.45, 7) is 2.10. The van der Waals surface area contributed by atoms with Gasteiger partial charge in [-0.1, -0.05) is 25.5 Å². The maximum Gasteiger partial charge on any atom is 0.162 e. The lowest BCUT2D eigenvalue weighted by Gasteiger charge is -1.99. The maximum absolute atomic E-state index is 11.6. The number of hydrogen-bond donors (Lipinski definition) is 0. The molecule has 0 amide bonds. The van der Waals surface area contributed by atoms with Crippen molar-refractivity contribution < 1.29 is 4.79 Å². The van der Waals surface area contributed by atoms with E-state index in [1.807, 2.05) is 24.3 Å². The summed E-state index contributed by atoms with van der Waals surface area (Å²) in [6, 6.07) is 7.76. The molecule has 0 aromatic heterocycles. The molecule has 1 aromatic carbocycles. The van der Waals surface area contributed by atoms with Crippen molar-refractivity contribution >= 4 is 28.4 Å². The molecule has 1 rings (SSSR count). The Labute approximate surface area is 92.7 Å². The number of carbonyl (C=O) groups is 1. The number of carbonyl (C=O) groups excluding carboxylic acids is 1. The van der Waals surface area contributed by atoms with Crippen LogP contribution in [0.3, 0.4) is 0 Å². The van der Waals surface area contributed by atoms with Gasteiger partial charge in [-0.15, -0.1) is 0 Å². The van der Waals surface area contributed by atoms with Crippen molar-refractivity contribution in [1.29, 1.82) is 0 Å². The highest BCUT2D eigenvalue weighted by Crippen LogP contribution is 2.11. The van der Waals surface area contributed by atoms with E-state index in [9.17, 15) is 4.79 Å². The van der Waals surface area contributed by atoms with Crippen molar-refractivity contribution in [3.8, 4) is 0 Å². The van der Waals surface area contributed by atoms with Gasteiger partial charge in [-0.2, -0.15) is 0 Å². The molecule has 0 unspecified atom stereocenters. The van der Waals surface area contributed by atoms with E-state index in [2.05, 4.69) is 29.5 Å². The molecule has 0 fully saturated rings. The van der Waals surface area contributed by atoms with E-state index in [1.165, 1.54) is 0 Å². The predicted molar refractivity (Wildman–Crippen MR) is 63.0 cm³/mol. The number of unbranched alkanes of at least 4 members (excludes halogenated alkanes) is 1. The minimum absolute atomic E-state index is 0.264. The average Bonchev–Trinajstić information content (AvgIpc) is 2.14. The van der Waals surface area contributed by atoms with Gasteiger partial charge in [0.15, 0.2) is 5.78 Å². The summed E-state index contributed by atoms with van der Waals surface area (Å²) in [4.78, 5) is 11.6. The number of hydrogen-bond acceptors (Lipinski definition) is 1. The molecule has 1 nitrogen and oxygen atoms in total. The van der Waals surface area contributed by atoms with Crippen LogP contribution in [0.4, 0.5) is 0 Å². The molecule has 0 heterocycles. The number of benzene rings is 1. The summed E-state index contributed by atoms with van der Waals surface area (Å²) < 4.78 is 1.12. The van der Waals surface area contributed by atoms with E-state index in [1.54, 1.807) is 0 Å². The van der Waals surface area contributed by atoms with Crippen molar-refractivity contribution in [2.24, 2.45) is 0 Å². The van der Waals surface area contributed by atoms with Crippen molar-refractivity contribution in [1.82, 2.24) is 0 Å². The van der Waals surface area contributed by atoms with E-state index in [0.29, 0.717) is 6.42 Å². The summed E-state index contributed by atoms with van der Waals surface area (Å²) in [5.74, 6) is 0.264. The average molecular weight is 288 g/mol. The Morgan fingerprint density at radius 1 is 1.46 bits per heavy atom. The van der Waals surface area contributed by atoms with Crippen LogP contribution in [0.25, 0.3) is 0 Å². The van der Waals surface area contributed by atoms with Gasteiger partial charge < -0.3 is 0 Å². The fourth-order valence-electron chi connectivity index (χ4n) is 1.14. The molecule has 13 heavy (non-hydrogen) atoms. The van der Waals surface area contributed by atoms with Gasteiger partial charge in [0.1, 0.15) is 0 Å². The summed E-state index contributed by atoms with van der Waals surface area (Å²) in [6.07, 6.45) is 2.75. The van der Waals surface area contributed by atoms with Gasteiger partial charge in [0, 0.05) is 15.6 Å². The molecule has 2 heteroatoms. The van der Waals surface area contributed by atoms with Crippen LogP contribution >= 0.6 is 22.6 Å². The zero-order chi connectivity index (χ0) is 9.68. The first-order valence-corrected chi connectivity index (χ1v) is 5.60. The maximum atomic E-state index is 11.6. The molecule has 0 bridgehead atoms. The second-order valence-electron chi connectivity index (χ2n) is 3.04. The molecule has 0 radical (unpaired) electrons. The van der Waals surface area contributed by atoms with Crippen LogP contribution in [0.15, 0.2) is 24.3 Å². The van der Waals surface area contributed by atoms with Crippen LogP contribution in [-0.4, -0.2) is 5.78 Å². The Morgan fingerprint density at radius 2 is 2.23 bits per heavy atom. The highest BCUT2D eigenvalue weighted by molar-refractivity contribution is 14.1. The van der Waals surface area contributed by atoms with Crippen molar-refractivity contribution in [2.75, 3.05) is 0 Å². The standard InChI is InChI=1S/C11H13IO/c1-2-3-7-11(13)9-5-4-6-10(12)8-9/h4-6,8H,2-3,7H2,1H3. The first kappa shape index (κ1) is 10.7. The highest BCUT2D eigenvalue weighted by Gasteiger charge is 2.04. The van der Waals surface area contributed by atoms with Gasteiger partial charge >= 0.3 is 0 Å². The summed E-state index contributed by atoms with van der Waals surface area (Å²) in [7, 11) is 0. The smallest absolute Gasteiger partial charge is 0.162 e. The Morgan fingerprint density at radius 3 is 2.85 bits per heavy atom. The fourth-order valence-corrected chi connectivity index (χ4v) is 1.69. The zero-order valence-corrected chi connectivity index (χ0v) is 9.87. The van der Waals surface area contributed by atoms with Crippen LogP contribution < -0.4 is 0 Å². The third-order valence-corrected chi connectivity index (χ3v) is 2.57. The lowest BCUT2D eigenvalue weighted by Crippen LogP contribution is -1.98. The van der Waals surface area contributed by atoms with Crippen molar-refractivity contribution in [3.05, 3.63) is 33.4 Å². The van der Waals surface area contributed by atoms with Crippen LogP contribution in [-0.2, 0) is 0 Å². The van der Waals surface area contributed by atoms with Crippen LogP contribution in [0.2, 0.25) is 0 Å². The quantitative estimate of drug-likeness (QED) is 0.610. The summed E-state index contributed by atoms with van der Waals surface area (Å²) in [5.41, 5.74) is 0.848. The Bertz CT molecular complexity index is 294. The van der Waals surface area contributed by atoms with E-state index < -0.39 is 0 Å². The molecule has 0 saturated heterocycles. The Balaban J connectivity index is 2.66. The van der Waals surface area contributed by atoms with Gasteiger partial charge in [-0.05, 0) is 41.1 Å². The SMILES string of the molecule is CCCCC(=O)c1cccc(I)c1. The van der Waals surface area contributed by atoms with Gasteiger partial charge in [0.05, 0.1) is 0 Å². The van der Waals surface area contributed by atoms with E-state index >= 15 is 0 Å². The van der Waals surface area contributed by atoms with Crippen LogP contribution in [0.5, 0.6) is 0 Å². The Kier molecular flexibility index (Phi) is 4.42.